The number of hydrogen-bond acceptors (Lipinski definition) is 3. The van der Waals surface area contributed by atoms with Gasteiger partial charge in [0, 0.05) is 12.5 Å². The Hall–Kier alpha value is -2.46. The quantitative estimate of drug-likeness (QED) is 0.642. The summed E-state index contributed by atoms with van der Waals surface area (Å²) in [6.45, 7) is 0. The van der Waals surface area contributed by atoms with E-state index in [1.54, 1.807) is 0 Å². The van der Waals surface area contributed by atoms with E-state index in [0.29, 0.717) is 11.0 Å². The lowest BCUT2D eigenvalue weighted by molar-refractivity contribution is 0.0927. The number of carbonyl (C=O) groups excluding carboxylic acids is 1. The molecule has 0 atom stereocenters. The molecule has 1 aliphatic carbocycles. The minimum atomic E-state index is -0.0246. The zero-order valence-corrected chi connectivity index (χ0v) is 16.2. The topological polar surface area (TPSA) is 42.0 Å². The Morgan fingerprint density at radius 3 is 2.33 bits per heavy atom. The number of rotatable bonds is 5. The summed E-state index contributed by atoms with van der Waals surface area (Å²) in [5, 5.41) is 3.77. The molecule has 0 bridgehead atoms. The number of amides is 1. The Balaban J connectivity index is 1.61. The largest absolute Gasteiger partial charge is 0.347 e. The smallest absolute Gasteiger partial charge is 0.280 e. The molecule has 0 saturated heterocycles. The van der Waals surface area contributed by atoms with Crippen molar-refractivity contribution in [2.24, 2.45) is 0 Å². The first-order valence-electron chi connectivity index (χ1n) is 9.69. The van der Waals surface area contributed by atoms with E-state index < -0.39 is 0 Å². The van der Waals surface area contributed by atoms with Crippen LogP contribution in [0.1, 0.15) is 53.2 Å². The highest BCUT2D eigenvalue weighted by atomic mass is 32.1. The summed E-state index contributed by atoms with van der Waals surface area (Å²) in [6.07, 6.45) is 6.59. The highest BCUT2D eigenvalue weighted by molar-refractivity contribution is 7.17. The molecule has 1 saturated carbocycles. The number of benzene rings is 2. The van der Waals surface area contributed by atoms with Gasteiger partial charge in [0.25, 0.3) is 5.91 Å². The zero-order valence-electron chi connectivity index (χ0n) is 15.4. The van der Waals surface area contributed by atoms with Crippen LogP contribution in [0.4, 0.5) is 0 Å². The number of aromatic nitrogens is 1. The van der Waals surface area contributed by atoms with Crippen LogP contribution in [0.25, 0.3) is 10.4 Å². The molecular weight excluding hydrogens is 352 g/mol. The fourth-order valence-electron chi connectivity index (χ4n) is 3.67. The molecule has 0 aliphatic heterocycles. The molecule has 4 rings (SSSR count). The lowest BCUT2D eigenvalue weighted by Crippen LogP contribution is -2.36. The van der Waals surface area contributed by atoms with E-state index in [4.69, 9.17) is 4.98 Å². The molecule has 1 amide bonds. The summed E-state index contributed by atoms with van der Waals surface area (Å²) < 4.78 is 0. The predicted molar refractivity (Wildman–Crippen MR) is 111 cm³/mol. The zero-order chi connectivity index (χ0) is 18.5. The molecular formula is C23H24N2OS. The minimum Gasteiger partial charge on any atom is -0.347 e. The van der Waals surface area contributed by atoms with Crippen LogP contribution in [0, 0.1) is 0 Å². The maximum Gasteiger partial charge on any atom is 0.280 e. The first kappa shape index (κ1) is 17.9. The highest BCUT2D eigenvalue weighted by Gasteiger charge is 2.21. The maximum absolute atomic E-state index is 12.8. The Kier molecular flexibility index (Phi) is 5.64. The molecule has 1 aliphatic rings. The second-order valence-electron chi connectivity index (χ2n) is 7.13. The molecule has 2 aromatic carbocycles. The molecule has 1 aromatic heterocycles. The van der Waals surface area contributed by atoms with Crippen molar-refractivity contribution in [3.05, 3.63) is 76.9 Å². The number of nitrogens with zero attached hydrogens (tertiary/aromatic N) is 1. The lowest BCUT2D eigenvalue weighted by atomic mass is 9.95. The van der Waals surface area contributed by atoms with Crippen LogP contribution in [-0.4, -0.2) is 16.9 Å². The fourth-order valence-corrected chi connectivity index (χ4v) is 4.66. The third-order valence-corrected chi connectivity index (χ3v) is 6.23. The average molecular weight is 377 g/mol. The Morgan fingerprint density at radius 2 is 1.63 bits per heavy atom. The third kappa shape index (κ3) is 4.45. The van der Waals surface area contributed by atoms with E-state index in [-0.39, 0.29) is 5.91 Å². The van der Waals surface area contributed by atoms with Gasteiger partial charge in [-0.15, -0.1) is 11.3 Å². The second kappa shape index (κ2) is 8.49. The summed E-state index contributed by atoms with van der Waals surface area (Å²) in [6, 6.07) is 20.9. The van der Waals surface area contributed by atoms with Crippen LogP contribution in [0.5, 0.6) is 0 Å². The summed E-state index contributed by atoms with van der Waals surface area (Å²) in [7, 11) is 0. The van der Waals surface area contributed by atoms with E-state index in [2.05, 4.69) is 29.6 Å². The molecule has 0 radical (unpaired) electrons. The van der Waals surface area contributed by atoms with Gasteiger partial charge in [0.1, 0.15) is 0 Å². The van der Waals surface area contributed by atoms with E-state index in [1.807, 2.05) is 36.4 Å². The summed E-state index contributed by atoms with van der Waals surface area (Å²) in [5.41, 5.74) is 3.31. The van der Waals surface area contributed by atoms with Crippen LogP contribution in [-0.2, 0) is 6.42 Å². The maximum atomic E-state index is 12.8. The Bertz CT molecular complexity index is 883. The molecule has 3 nitrogen and oxygen atoms in total. The van der Waals surface area contributed by atoms with Gasteiger partial charge in [0.2, 0.25) is 0 Å². The first-order chi connectivity index (χ1) is 13.3. The molecule has 1 heterocycles. The van der Waals surface area contributed by atoms with Crippen LogP contribution >= 0.6 is 11.3 Å². The van der Waals surface area contributed by atoms with E-state index in [0.717, 1.165) is 35.4 Å². The van der Waals surface area contributed by atoms with Gasteiger partial charge in [-0.3, -0.25) is 4.79 Å². The Morgan fingerprint density at radius 1 is 0.963 bits per heavy atom. The number of nitrogens with one attached hydrogen (secondary N) is 1. The first-order valence-corrected chi connectivity index (χ1v) is 10.5. The Labute approximate surface area is 164 Å². The van der Waals surface area contributed by atoms with Gasteiger partial charge in [-0.1, -0.05) is 79.9 Å². The number of thiazole rings is 1. The van der Waals surface area contributed by atoms with Crippen molar-refractivity contribution in [3.63, 3.8) is 0 Å². The average Bonchev–Trinajstić information content (AvgIpc) is 3.14. The van der Waals surface area contributed by atoms with Crippen molar-refractivity contribution >= 4 is 17.2 Å². The van der Waals surface area contributed by atoms with Crippen LogP contribution in [0.3, 0.4) is 0 Å². The molecule has 3 aromatic rings. The normalized spacial score (nSPS) is 14.8. The molecule has 0 spiro atoms. The van der Waals surface area contributed by atoms with Gasteiger partial charge in [0.15, 0.2) is 5.01 Å². The van der Waals surface area contributed by atoms with Gasteiger partial charge in [-0.25, -0.2) is 4.98 Å². The SMILES string of the molecule is O=C(NC1CCCCC1)c1nc(Cc2ccccc2)c(-c2ccccc2)s1. The summed E-state index contributed by atoms with van der Waals surface area (Å²) in [4.78, 5) is 18.6. The van der Waals surface area contributed by atoms with Crippen molar-refractivity contribution in [3.8, 4) is 10.4 Å². The minimum absolute atomic E-state index is 0.0246. The van der Waals surface area contributed by atoms with Gasteiger partial charge in [0.05, 0.1) is 10.6 Å². The van der Waals surface area contributed by atoms with Gasteiger partial charge >= 0.3 is 0 Å². The summed E-state index contributed by atoms with van der Waals surface area (Å²) >= 11 is 1.51. The molecule has 0 unspecified atom stereocenters. The third-order valence-electron chi connectivity index (χ3n) is 5.08. The number of carbonyl (C=O) groups is 1. The molecule has 1 N–H and O–H groups in total. The van der Waals surface area contributed by atoms with E-state index in [9.17, 15) is 4.79 Å². The fraction of sp³-hybridized carbons (Fsp3) is 0.304. The molecule has 4 heteroatoms. The predicted octanol–water partition coefficient (Wildman–Crippen LogP) is 5.46. The van der Waals surface area contributed by atoms with Crippen LogP contribution in [0.15, 0.2) is 60.7 Å². The summed E-state index contributed by atoms with van der Waals surface area (Å²) in [5.74, 6) is -0.0246. The van der Waals surface area contributed by atoms with Gasteiger partial charge < -0.3 is 5.32 Å². The monoisotopic (exact) mass is 376 g/mol. The standard InChI is InChI=1S/C23H24N2OS/c26-22(24-19-14-8-3-9-15-19)23-25-20(16-17-10-4-1-5-11-17)21(27-23)18-12-6-2-7-13-18/h1-2,4-7,10-13,19H,3,8-9,14-16H2,(H,24,26). The second-order valence-corrected chi connectivity index (χ2v) is 8.13. The van der Waals surface area contributed by atoms with E-state index in [1.165, 1.54) is 36.2 Å². The molecule has 138 valence electrons. The van der Waals surface area contributed by atoms with Crippen molar-refractivity contribution in [1.29, 1.82) is 0 Å². The van der Waals surface area contributed by atoms with Crippen molar-refractivity contribution in [2.75, 3.05) is 0 Å². The lowest BCUT2D eigenvalue weighted by Gasteiger charge is -2.22. The van der Waals surface area contributed by atoms with Crippen molar-refractivity contribution < 1.29 is 4.79 Å². The molecule has 1 fully saturated rings. The van der Waals surface area contributed by atoms with E-state index >= 15 is 0 Å². The van der Waals surface area contributed by atoms with Crippen molar-refractivity contribution in [1.82, 2.24) is 10.3 Å². The van der Waals surface area contributed by atoms with Crippen LogP contribution in [0.2, 0.25) is 0 Å². The molecule has 27 heavy (non-hydrogen) atoms. The van der Waals surface area contributed by atoms with Crippen molar-refractivity contribution in [2.45, 2.75) is 44.6 Å². The highest BCUT2D eigenvalue weighted by Crippen LogP contribution is 2.32. The van der Waals surface area contributed by atoms with Gasteiger partial charge in [-0.05, 0) is 24.0 Å². The van der Waals surface area contributed by atoms with Crippen LogP contribution < -0.4 is 5.32 Å². The number of hydrogen-bond donors (Lipinski definition) is 1. The van der Waals surface area contributed by atoms with Gasteiger partial charge in [-0.2, -0.15) is 0 Å².